The van der Waals surface area contributed by atoms with Crippen molar-refractivity contribution in [3.8, 4) is 0 Å². The molecule has 3 heterocycles. The Kier molecular flexibility index (Phi) is 29.9. The first-order valence-electron chi connectivity index (χ1n) is 26.0. The van der Waals surface area contributed by atoms with Gasteiger partial charge in [-0.3, -0.25) is 23.2 Å². The summed E-state index contributed by atoms with van der Waals surface area (Å²) in [6, 6.07) is 1.22. The van der Waals surface area contributed by atoms with Crippen molar-refractivity contribution in [2.45, 2.75) is 211 Å². The zero-order valence-electron chi connectivity index (χ0n) is 42.5. The van der Waals surface area contributed by atoms with Crippen LogP contribution in [0.2, 0.25) is 0 Å². The lowest BCUT2D eigenvalue weighted by atomic mass is 9.82. The number of phosphoric acid groups is 2. The Morgan fingerprint density at radius 2 is 1.43 bits per heavy atom. The van der Waals surface area contributed by atoms with Crippen LogP contribution >= 0.6 is 15.6 Å². The summed E-state index contributed by atoms with van der Waals surface area (Å²) in [6.07, 6.45) is 10.4. The summed E-state index contributed by atoms with van der Waals surface area (Å²) in [5.74, 6) is -3.66. The zero-order valence-corrected chi connectivity index (χ0v) is 44.3. The summed E-state index contributed by atoms with van der Waals surface area (Å²) >= 11 is 0. The van der Waals surface area contributed by atoms with Gasteiger partial charge >= 0.3 is 33.3 Å². The molecule has 1 aromatic heterocycles. The van der Waals surface area contributed by atoms with E-state index in [9.17, 15) is 58.8 Å². The number of unbranched alkanes of at least 4 members (excludes halogenated alkanes) is 14. The van der Waals surface area contributed by atoms with E-state index >= 15 is 0 Å². The molecule has 0 radical (unpaired) electrons. The number of allylic oxidation sites excluding steroid dienone is 1. The number of aromatic nitrogens is 2. The maximum Gasteiger partial charge on any atom is 0.481 e. The number of fused-ring (bicyclic) bond motifs is 3. The lowest BCUT2D eigenvalue weighted by Gasteiger charge is -2.40. The maximum absolute atomic E-state index is 13.3. The van der Waals surface area contributed by atoms with Gasteiger partial charge in [-0.2, -0.15) is 9.29 Å². The number of rotatable bonds is 24. The minimum Gasteiger partial charge on any atom is -0.461 e. The van der Waals surface area contributed by atoms with E-state index in [2.05, 4.69) is 23.1 Å². The molecule has 23 heteroatoms. The third-order valence-electron chi connectivity index (χ3n) is 12.8. The molecule has 2 unspecified atom stereocenters. The van der Waals surface area contributed by atoms with Gasteiger partial charge in [0.15, 0.2) is 6.10 Å². The van der Waals surface area contributed by atoms with Crippen LogP contribution in [0, 0.1) is 17.8 Å². The van der Waals surface area contributed by atoms with Gasteiger partial charge in [0.05, 0.1) is 44.1 Å². The number of nitrogens with two attached hydrogens (primary N) is 1. The van der Waals surface area contributed by atoms with Crippen molar-refractivity contribution in [2.24, 2.45) is 17.8 Å². The van der Waals surface area contributed by atoms with Gasteiger partial charge < -0.3 is 55.3 Å². The molecule has 12 atom stereocenters. The summed E-state index contributed by atoms with van der Waals surface area (Å²) in [7, 11) is -11.3. The van der Waals surface area contributed by atoms with Crippen molar-refractivity contribution < 1.29 is 81.6 Å². The number of ether oxygens (including phenoxy) is 3. The number of nitrogens with zero attached hydrogens (tertiary/aromatic N) is 2. The molecule has 9 N–H and O–H groups in total. The summed E-state index contributed by atoms with van der Waals surface area (Å²) in [5, 5.41) is 57.3. The van der Waals surface area contributed by atoms with Crippen LogP contribution in [-0.2, 0) is 46.3 Å². The molecule has 0 spiro atoms. The average Bonchev–Trinajstić information content (AvgIpc) is 3.30. The Bertz CT molecular complexity index is 1940. The predicted octanol–water partition coefficient (Wildman–Crippen LogP) is 6.85. The molecule has 414 valence electrons. The van der Waals surface area contributed by atoms with Crippen LogP contribution in [0.15, 0.2) is 41.4 Å². The van der Waals surface area contributed by atoms with Crippen molar-refractivity contribution in [1.82, 2.24) is 9.55 Å². The van der Waals surface area contributed by atoms with Crippen LogP contribution in [-0.4, -0.2) is 119 Å². The van der Waals surface area contributed by atoms with Gasteiger partial charge in [-0.15, -0.1) is 0 Å². The van der Waals surface area contributed by atoms with Crippen molar-refractivity contribution in [2.75, 3.05) is 25.6 Å². The van der Waals surface area contributed by atoms with Crippen LogP contribution in [0.25, 0.3) is 0 Å². The largest absolute Gasteiger partial charge is 0.481 e. The second-order valence-electron chi connectivity index (χ2n) is 19.5. The summed E-state index contributed by atoms with van der Waals surface area (Å²) < 4.78 is 58.8. The number of carbonyl (C=O) groups excluding carboxylic acids is 2. The van der Waals surface area contributed by atoms with E-state index in [1.165, 1.54) is 81.7 Å². The first kappa shape index (κ1) is 63.4. The second-order valence-corrected chi connectivity index (χ2v) is 22.5. The number of phosphoric ester groups is 2. The highest BCUT2D eigenvalue weighted by atomic mass is 31.3. The van der Waals surface area contributed by atoms with Gasteiger partial charge in [0.25, 0.3) is 0 Å². The molecule has 0 amide bonds. The first-order valence-corrected chi connectivity index (χ1v) is 29.0. The topological polar surface area (TPSA) is 326 Å². The molecular formula is C49H85N3O18P2. The Morgan fingerprint density at radius 1 is 0.833 bits per heavy atom. The van der Waals surface area contributed by atoms with Gasteiger partial charge in [0.1, 0.15) is 30.9 Å². The molecule has 21 nitrogen and oxygen atoms in total. The van der Waals surface area contributed by atoms with E-state index in [0.29, 0.717) is 19.3 Å². The molecular weight excluding hydrogens is 980 g/mol. The number of aliphatic hydroxyl groups is 5. The zero-order chi connectivity index (χ0) is 53.1. The number of nitrogen functional groups attached to an aromatic ring is 1. The van der Waals surface area contributed by atoms with Crippen LogP contribution < -0.4 is 11.4 Å². The van der Waals surface area contributed by atoms with E-state index in [-0.39, 0.29) is 25.1 Å². The summed E-state index contributed by atoms with van der Waals surface area (Å²) in [6.45, 7) is 3.72. The van der Waals surface area contributed by atoms with Crippen LogP contribution in [0.5, 0.6) is 0 Å². The van der Waals surface area contributed by atoms with Gasteiger partial charge in [0.2, 0.25) is 0 Å². The summed E-state index contributed by atoms with van der Waals surface area (Å²) in [5.41, 5.74) is 4.73. The van der Waals surface area contributed by atoms with Crippen molar-refractivity contribution >= 4 is 33.4 Å². The van der Waals surface area contributed by atoms with Gasteiger partial charge in [-0.25, -0.2) is 13.9 Å². The number of aliphatic hydroxyl groups excluding tert-OH is 5. The fourth-order valence-electron chi connectivity index (χ4n) is 8.63. The Hall–Kier alpha value is -2.88. The fourth-order valence-corrected chi connectivity index (χ4v) is 10.7. The minimum atomic E-state index is -5.70. The SMILES string of the molecule is CCCCC[C@@H](O)/C=C/[C@@H]1[C@H](O)[C@H](O)[C@H]2COP(=O)(O)OP(=O)(O)OC[C@H](OC(=O)CCCCCCCCCCCCCCCC(C)C)COC(=O)CC=CC[C@@H]([C@H](n3ccc(N)nc3=O)O2)[C@@H](O)C[C@H]1O. The monoisotopic (exact) mass is 1070 g/mol. The van der Waals surface area contributed by atoms with Crippen LogP contribution in [0.4, 0.5) is 5.82 Å². The fraction of sp³-hybridized carbons (Fsp3) is 0.796. The molecule has 3 rings (SSSR count). The normalized spacial score (nSPS) is 30.1. The van der Waals surface area contributed by atoms with Crippen LogP contribution in [0.1, 0.15) is 168 Å². The molecule has 0 aromatic carbocycles. The van der Waals surface area contributed by atoms with Gasteiger partial charge in [-0.05, 0) is 31.2 Å². The quantitative estimate of drug-likeness (QED) is 0.0227. The number of esters is 2. The molecule has 1 fully saturated rings. The average molecular weight is 1070 g/mol. The summed E-state index contributed by atoms with van der Waals surface area (Å²) in [4.78, 5) is 64.2. The third-order valence-corrected chi connectivity index (χ3v) is 15.4. The van der Waals surface area contributed by atoms with Crippen molar-refractivity contribution in [1.29, 1.82) is 0 Å². The van der Waals surface area contributed by atoms with E-state index in [1.54, 1.807) is 0 Å². The van der Waals surface area contributed by atoms with Crippen molar-refractivity contribution in [3.63, 3.8) is 0 Å². The molecule has 0 aliphatic carbocycles. The minimum absolute atomic E-state index is 0.0112. The van der Waals surface area contributed by atoms with Crippen molar-refractivity contribution in [3.05, 3.63) is 47.1 Å². The van der Waals surface area contributed by atoms with E-state index in [0.717, 1.165) is 61.6 Å². The second kappa shape index (κ2) is 33.9. The lowest BCUT2D eigenvalue weighted by Crippen LogP contribution is -2.52. The number of cyclic esters (lactones) is 1. The Morgan fingerprint density at radius 3 is 2.04 bits per heavy atom. The van der Waals surface area contributed by atoms with Gasteiger partial charge in [0, 0.05) is 30.9 Å². The number of hydrogen-bond acceptors (Lipinski definition) is 18. The number of carbonyl (C=O) groups is 2. The molecule has 72 heavy (non-hydrogen) atoms. The van der Waals surface area contributed by atoms with E-state index in [1.807, 2.05) is 6.92 Å². The molecule has 1 saturated heterocycles. The van der Waals surface area contributed by atoms with E-state index < -0.39 is 120 Å². The highest BCUT2D eigenvalue weighted by Gasteiger charge is 2.45. The Labute approximate surface area is 424 Å². The highest BCUT2D eigenvalue weighted by molar-refractivity contribution is 7.61. The molecule has 2 aliphatic heterocycles. The number of hydrogen-bond donors (Lipinski definition) is 8. The molecule has 2 bridgehead atoms. The van der Waals surface area contributed by atoms with Gasteiger partial charge in [-0.1, -0.05) is 148 Å². The molecule has 1 aromatic rings. The first-order chi connectivity index (χ1) is 34.2. The lowest BCUT2D eigenvalue weighted by molar-refractivity contribution is -0.194. The maximum atomic E-state index is 13.3. The standard InChI is InChI=1S/C49H85N3O18P2/c1-4-5-17-23-36(53)27-28-38-40(54)31-41(55)39-24-20-21-25-44(56)65-32-37(68-45(57)26-19-16-14-12-10-8-6-7-9-11-13-15-18-22-35(2)3)33-66-71(61,62)70-72(63,64)67-34-42(47(59)46(38)58)69-48(39)52-30-29-43(50)51-49(52)60/h20-21,27-30,35-42,46-48,53-55,58-59H,4-19,22-26,31-34H2,1-3H3,(H,61,62)(H,63,64)(H2,50,51,60)/b21-20?,28-27+/t36-,37-,38+,39-,40-,41+,42-,46+,47-,48-/m1/s1. The van der Waals surface area contributed by atoms with E-state index in [4.69, 9.17) is 29.0 Å². The molecule has 0 saturated carbocycles. The predicted molar refractivity (Wildman–Crippen MR) is 268 cm³/mol. The number of anilines is 1. The highest BCUT2D eigenvalue weighted by Crippen LogP contribution is 2.60. The van der Waals surface area contributed by atoms with Crippen LogP contribution in [0.3, 0.4) is 0 Å². The molecule has 2 aliphatic rings. The third kappa shape index (κ3) is 25.1. The smallest absolute Gasteiger partial charge is 0.461 e. The Balaban J connectivity index is 1.77.